The fraction of sp³-hybridized carbons (Fsp3) is 0.571. The fourth-order valence-electron chi connectivity index (χ4n) is 2.73. The molecule has 1 aromatic rings. The second-order valence-electron chi connectivity index (χ2n) is 4.86. The molecule has 0 bridgehead atoms. The Morgan fingerprint density at radius 1 is 1.24 bits per heavy atom. The zero-order chi connectivity index (χ0) is 11.5. The van der Waals surface area contributed by atoms with Crippen molar-refractivity contribution in [2.24, 2.45) is 0 Å². The van der Waals surface area contributed by atoms with Crippen molar-refractivity contribution in [2.45, 2.75) is 19.4 Å². The van der Waals surface area contributed by atoms with Gasteiger partial charge in [0.2, 0.25) is 0 Å². The Bertz CT molecular complexity index is 386. The van der Waals surface area contributed by atoms with E-state index in [2.05, 4.69) is 28.4 Å². The number of anilines is 1. The SMILES string of the molecule is c1cc(CN2CCOCC2)c2c(c1)NCCC2. The average Bonchev–Trinajstić information content (AvgIpc) is 2.40. The Hall–Kier alpha value is -1.06. The molecule has 1 aromatic carbocycles. The van der Waals surface area contributed by atoms with Crippen LogP contribution in [0.1, 0.15) is 17.5 Å². The predicted octanol–water partition coefficient (Wildman–Crippen LogP) is 1.88. The van der Waals surface area contributed by atoms with E-state index in [1.54, 1.807) is 0 Å². The molecule has 0 spiro atoms. The highest BCUT2D eigenvalue weighted by Gasteiger charge is 2.16. The summed E-state index contributed by atoms with van der Waals surface area (Å²) < 4.78 is 5.40. The van der Waals surface area contributed by atoms with Gasteiger partial charge >= 0.3 is 0 Å². The fourth-order valence-corrected chi connectivity index (χ4v) is 2.73. The van der Waals surface area contributed by atoms with Gasteiger partial charge in [0, 0.05) is 31.9 Å². The van der Waals surface area contributed by atoms with E-state index in [1.165, 1.54) is 29.7 Å². The number of benzene rings is 1. The maximum absolute atomic E-state index is 5.40. The van der Waals surface area contributed by atoms with Gasteiger partial charge in [-0.15, -0.1) is 0 Å². The minimum Gasteiger partial charge on any atom is -0.385 e. The Labute approximate surface area is 103 Å². The van der Waals surface area contributed by atoms with Crippen molar-refractivity contribution in [3.05, 3.63) is 29.3 Å². The molecule has 0 saturated carbocycles. The first-order chi connectivity index (χ1) is 8.43. The highest BCUT2D eigenvalue weighted by molar-refractivity contribution is 5.56. The third-order valence-electron chi connectivity index (χ3n) is 3.69. The molecule has 0 aromatic heterocycles. The summed E-state index contributed by atoms with van der Waals surface area (Å²) >= 11 is 0. The van der Waals surface area contributed by atoms with Crippen molar-refractivity contribution in [3.8, 4) is 0 Å². The first-order valence-electron chi connectivity index (χ1n) is 6.58. The molecule has 1 fully saturated rings. The van der Waals surface area contributed by atoms with E-state index in [1.807, 2.05) is 0 Å². The lowest BCUT2D eigenvalue weighted by Crippen LogP contribution is -2.36. The molecule has 0 aliphatic carbocycles. The number of nitrogens with one attached hydrogen (secondary N) is 1. The summed E-state index contributed by atoms with van der Waals surface area (Å²) in [5.41, 5.74) is 4.38. The van der Waals surface area contributed by atoms with Gasteiger partial charge in [-0.05, 0) is 30.0 Å². The molecule has 3 rings (SSSR count). The van der Waals surface area contributed by atoms with Crippen LogP contribution in [0.4, 0.5) is 5.69 Å². The Kier molecular flexibility index (Phi) is 3.29. The first kappa shape index (κ1) is 11.1. The maximum atomic E-state index is 5.40. The topological polar surface area (TPSA) is 24.5 Å². The van der Waals surface area contributed by atoms with Gasteiger partial charge in [-0.25, -0.2) is 0 Å². The molecule has 1 N–H and O–H groups in total. The second-order valence-corrected chi connectivity index (χ2v) is 4.86. The van der Waals surface area contributed by atoms with Crippen LogP contribution in [0.5, 0.6) is 0 Å². The van der Waals surface area contributed by atoms with E-state index in [4.69, 9.17) is 4.74 Å². The van der Waals surface area contributed by atoms with Crippen LogP contribution in [0.25, 0.3) is 0 Å². The molecule has 0 unspecified atom stereocenters. The molecule has 0 radical (unpaired) electrons. The zero-order valence-electron chi connectivity index (χ0n) is 10.2. The Morgan fingerprint density at radius 3 is 3.00 bits per heavy atom. The van der Waals surface area contributed by atoms with E-state index in [-0.39, 0.29) is 0 Å². The highest BCUT2D eigenvalue weighted by Crippen LogP contribution is 2.26. The molecule has 17 heavy (non-hydrogen) atoms. The smallest absolute Gasteiger partial charge is 0.0594 e. The maximum Gasteiger partial charge on any atom is 0.0594 e. The predicted molar refractivity (Wildman–Crippen MR) is 69.3 cm³/mol. The first-order valence-corrected chi connectivity index (χ1v) is 6.58. The number of nitrogens with zero attached hydrogens (tertiary/aromatic N) is 1. The normalized spacial score (nSPS) is 20.7. The van der Waals surface area contributed by atoms with E-state index in [0.29, 0.717) is 0 Å². The van der Waals surface area contributed by atoms with Crippen molar-refractivity contribution < 1.29 is 4.74 Å². The van der Waals surface area contributed by atoms with E-state index >= 15 is 0 Å². The van der Waals surface area contributed by atoms with Crippen molar-refractivity contribution in [3.63, 3.8) is 0 Å². The third-order valence-corrected chi connectivity index (χ3v) is 3.69. The van der Waals surface area contributed by atoms with Crippen LogP contribution in [-0.2, 0) is 17.7 Å². The van der Waals surface area contributed by atoms with Crippen molar-refractivity contribution in [1.29, 1.82) is 0 Å². The zero-order valence-corrected chi connectivity index (χ0v) is 10.2. The van der Waals surface area contributed by atoms with Gasteiger partial charge < -0.3 is 10.1 Å². The molecule has 0 atom stereocenters. The molecule has 92 valence electrons. The lowest BCUT2D eigenvalue weighted by atomic mass is 9.97. The third kappa shape index (κ3) is 2.45. The summed E-state index contributed by atoms with van der Waals surface area (Å²) in [5.74, 6) is 0. The minimum absolute atomic E-state index is 0.882. The van der Waals surface area contributed by atoms with Gasteiger partial charge in [-0.2, -0.15) is 0 Å². The van der Waals surface area contributed by atoms with Crippen LogP contribution in [-0.4, -0.2) is 37.7 Å². The number of hydrogen-bond donors (Lipinski definition) is 1. The quantitative estimate of drug-likeness (QED) is 0.842. The van der Waals surface area contributed by atoms with Gasteiger partial charge in [0.1, 0.15) is 0 Å². The van der Waals surface area contributed by atoms with Gasteiger partial charge in [-0.3, -0.25) is 4.90 Å². The van der Waals surface area contributed by atoms with Crippen LogP contribution in [0.3, 0.4) is 0 Å². The van der Waals surface area contributed by atoms with Crippen LogP contribution < -0.4 is 5.32 Å². The van der Waals surface area contributed by atoms with Crippen LogP contribution in [0.15, 0.2) is 18.2 Å². The Morgan fingerprint density at radius 2 is 2.12 bits per heavy atom. The molecule has 0 amide bonds. The molecule has 2 heterocycles. The van der Waals surface area contributed by atoms with Gasteiger partial charge in [-0.1, -0.05) is 12.1 Å². The van der Waals surface area contributed by atoms with Crippen molar-refractivity contribution in [2.75, 3.05) is 38.2 Å². The molecular weight excluding hydrogens is 212 g/mol. The summed E-state index contributed by atoms with van der Waals surface area (Å²) in [6.07, 6.45) is 2.48. The summed E-state index contributed by atoms with van der Waals surface area (Å²) in [5, 5.41) is 3.50. The second kappa shape index (κ2) is 5.07. The van der Waals surface area contributed by atoms with Gasteiger partial charge in [0.05, 0.1) is 13.2 Å². The molecule has 3 nitrogen and oxygen atoms in total. The number of rotatable bonds is 2. The number of ether oxygens (including phenoxy) is 1. The monoisotopic (exact) mass is 232 g/mol. The summed E-state index contributed by atoms with van der Waals surface area (Å²) in [6, 6.07) is 6.66. The average molecular weight is 232 g/mol. The summed E-state index contributed by atoms with van der Waals surface area (Å²) in [7, 11) is 0. The lowest BCUT2D eigenvalue weighted by Gasteiger charge is -2.29. The summed E-state index contributed by atoms with van der Waals surface area (Å²) in [6.45, 7) is 6.09. The van der Waals surface area contributed by atoms with Crippen molar-refractivity contribution >= 4 is 5.69 Å². The van der Waals surface area contributed by atoms with Crippen LogP contribution >= 0.6 is 0 Å². The summed E-state index contributed by atoms with van der Waals surface area (Å²) in [4.78, 5) is 2.49. The van der Waals surface area contributed by atoms with E-state index in [0.717, 1.165) is 39.4 Å². The molecule has 2 aliphatic rings. The largest absolute Gasteiger partial charge is 0.385 e. The minimum atomic E-state index is 0.882. The number of morpholine rings is 1. The standard InChI is InChI=1S/C14H20N2O/c1-3-12(11-16-7-9-17-10-8-16)13-4-2-6-15-14(13)5-1/h1,3,5,15H,2,4,6-11H2. The molecule has 2 aliphatic heterocycles. The van der Waals surface area contributed by atoms with Crippen LogP contribution in [0.2, 0.25) is 0 Å². The van der Waals surface area contributed by atoms with Crippen LogP contribution in [0, 0.1) is 0 Å². The number of hydrogen-bond acceptors (Lipinski definition) is 3. The molecule has 3 heteroatoms. The van der Waals surface area contributed by atoms with Gasteiger partial charge in [0.25, 0.3) is 0 Å². The van der Waals surface area contributed by atoms with Gasteiger partial charge in [0.15, 0.2) is 0 Å². The van der Waals surface area contributed by atoms with Crippen molar-refractivity contribution in [1.82, 2.24) is 4.90 Å². The van der Waals surface area contributed by atoms with E-state index in [9.17, 15) is 0 Å². The van der Waals surface area contributed by atoms with E-state index < -0.39 is 0 Å². The molecule has 1 saturated heterocycles. The highest BCUT2D eigenvalue weighted by atomic mass is 16.5. The lowest BCUT2D eigenvalue weighted by molar-refractivity contribution is 0.0341. The number of fused-ring (bicyclic) bond motifs is 1. The Balaban J connectivity index is 1.77. The molecular formula is C14H20N2O.